The highest BCUT2D eigenvalue weighted by Crippen LogP contribution is 2.36. The Labute approximate surface area is 198 Å². The fraction of sp³-hybridized carbons (Fsp3) is 0.318. The Hall–Kier alpha value is -3.13. The van der Waals surface area contributed by atoms with Gasteiger partial charge < -0.3 is 15.3 Å². The molecular formula is C22H30N6O2S2. The Balaban J connectivity index is 0.000000944. The number of carbonyl (C=O) groups is 1. The van der Waals surface area contributed by atoms with Crippen LogP contribution < -0.4 is 16.2 Å². The van der Waals surface area contributed by atoms with Crippen LogP contribution in [0.1, 0.15) is 40.4 Å². The number of phenols is 1. The number of hydrazine groups is 1. The predicted molar refractivity (Wildman–Crippen MR) is 135 cm³/mol. The summed E-state index contributed by atoms with van der Waals surface area (Å²) in [5, 5.41) is 15.0. The van der Waals surface area contributed by atoms with Gasteiger partial charge in [-0.15, -0.1) is 24.2 Å². The summed E-state index contributed by atoms with van der Waals surface area (Å²) in [4.78, 5) is 16.0. The number of aromatic hydroxyl groups is 1. The summed E-state index contributed by atoms with van der Waals surface area (Å²) < 4.78 is 8.47. The Morgan fingerprint density at radius 1 is 1.19 bits per heavy atom. The van der Waals surface area contributed by atoms with Gasteiger partial charge in [0.05, 0.1) is 23.8 Å². The zero-order valence-corrected chi connectivity index (χ0v) is 20.6. The summed E-state index contributed by atoms with van der Waals surface area (Å²) in [7, 11) is 3.24. The fourth-order valence-electron chi connectivity index (χ4n) is 2.46. The third-order valence-electron chi connectivity index (χ3n) is 3.84. The molecule has 0 saturated heterocycles. The van der Waals surface area contributed by atoms with Crippen LogP contribution in [0.3, 0.4) is 0 Å². The number of phenolic OH excluding ortho intramolecular Hbond substituents is 1. The largest absolute Gasteiger partial charge is 0.505 e. The van der Waals surface area contributed by atoms with E-state index in [-0.39, 0.29) is 22.9 Å². The number of aryl methyl sites for hydroxylation is 1. The molecule has 1 aromatic carbocycles. The molecule has 1 amide bonds. The van der Waals surface area contributed by atoms with Gasteiger partial charge in [0, 0.05) is 23.8 Å². The second kappa shape index (κ2) is 13.3. The van der Waals surface area contributed by atoms with Crippen LogP contribution in [-0.4, -0.2) is 38.8 Å². The van der Waals surface area contributed by atoms with Crippen LogP contribution in [0.4, 0.5) is 17.3 Å². The third kappa shape index (κ3) is 6.95. The molecule has 0 spiro atoms. The Kier molecular flexibility index (Phi) is 11.2. The van der Waals surface area contributed by atoms with Crippen molar-refractivity contribution in [1.29, 1.82) is 0 Å². The van der Waals surface area contributed by atoms with E-state index in [1.54, 1.807) is 43.6 Å². The number of aromatic nitrogens is 2. The number of anilines is 3. The van der Waals surface area contributed by atoms with Crippen molar-refractivity contribution < 1.29 is 9.90 Å². The van der Waals surface area contributed by atoms with E-state index >= 15 is 0 Å². The number of nitrogens with one attached hydrogen (secondary N) is 1. The second-order valence-corrected chi connectivity index (χ2v) is 8.65. The standard InChI is InChI=1S/C17H20N6O2S2.C3H8.C2H2/c1-10-7-8-11(26-10)9-19-15-16(21-27-20-15)23(18)13-6-4-5-12(14(13)24)17(25)22(2)3;1-3-2;1-2/h4-8,24H,9,18H2,1-3H3,(H,19,20);3H2,1-2H3;1-2H. The van der Waals surface area contributed by atoms with Gasteiger partial charge in [0.2, 0.25) is 5.82 Å². The molecule has 0 fully saturated rings. The van der Waals surface area contributed by atoms with E-state index in [4.69, 9.17) is 5.84 Å². The topological polar surface area (TPSA) is 108 Å². The van der Waals surface area contributed by atoms with Crippen molar-refractivity contribution in [2.75, 3.05) is 24.4 Å². The molecule has 10 heteroatoms. The predicted octanol–water partition coefficient (Wildman–Crippen LogP) is 4.61. The molecule has 3 aromatic rings. The molecule has 4 N–H and O–H groups in total. The highest BCUT2D eigenvalue weighted by molar-refractivity contribution is 7.11. The van der Waals surface area contributed by atoms with E-state index in [0.29, 0.717) is 18.2 Å². The first-order valence-electron chi connectivity index (χ1n) is 9.83. The van der Waals surface area contributed by atoms with Crippen LogP contribution in [-0.2, 0) is 6.54 Å². The van der Waals surface area contributed by atoms with Gasteiger partial charge in [-0.1, -0.05) is 26.3 Å². The number of hydrogen-bond donors (Lipinski definition) is 3. The minimum absolute atomic E-state index is 0.166. The maximum absolute atomic E-state index is 12.2. The molecule has 0 saturated carbocycles. The Morgan fingerprint density at radius 3 is 2.41 bits per heavy atom. The summed E-state index contributed by atoms with van der Waals surface area (Å²) in [6.45, 7) is 6.90. The molecular weight excluding hydrogens is 444 g/mol. The summed E-state index contributed by atoms with van der Waals surface area (Å²) in [6, 6.07) is 8.93. The Morgan fingerprint density at radius 2 is 1.84 bits per heavy atom. The number of thiophene rings is 1. The van der Waals surface area contributed by atoms with E-state index in [9.17, 15) is 9.90 Å². The number of para-hydroxylation sites is 1. The van der Waals surface area contributed by atoms with Gasteiger partial charge in [0.1, 0.15) is 5.69 Å². The lowest BCUT2D eigenvalue weighted by molar-refractivity contribution is 0.0824. The van der Waals surface area contributed by atoms with Crippen molar-refractivity contribution in [1.82, 2.24) is 13.6 Å². The number of carbonyl (C=O) groups excluding carboxylic acids is 1. The first-order chi connectivity index (χ1) is 15.3. The minimum atomic E-state index is -0.314. The molecule has 8 nitrogen and oxygen atoms in total. The number of terminal acetylenes is 1. The average Bonchev–Trinajstić information content (AvgIpc) is 3.42. The second-order valence-electron chi connectivity index (χ2n) is 6.75. The molecule has 0 aliphatic rings. The van der Waals surface area contributed by atoms with E-state index in [1.165, 1.54) is 21.2 Å². The van der Waals surface area contributed by atoms with Crippen LogP contribution in [0.15, 0.2) is 30.3 Å². The normalized spacial score (nSPS) is 9.62. The third-order valence-corrected chi connectivity index (χ3v) is 5.36. The van der Waals surface area contributed by atoms with Gasteiger partial charge in [0.25, 0.3) is 5.91 Å². The van der Waals surface area contributed by atoms with Crippen molar-refractivity contribution in [2.24, 2.45) is 5.84 Å². The smallest absolute Gasteiger partial charge is 0.257 e. The van der Waals surface area contributed by atoms with Crippen molar-refractivity contribution in [2.45, 2.75) is 33.7 Å². The number of nitrogens with two attached hydrogens (primary N) is 1. The van der Waals surface area contributed by atoms with E-state index in [0.717, 1.165) is 16.6 Å². The van der Waals surface area contributed by atoms with Gasteiger partial charge >= 0.3 is 0 Å². The van der Waals surface area contributed by atoms with Crippen LogP contribution in [0.25, 0.3) is 0 Å². The molecule has 0 bridgehead atoms. The van der Waals surface area contributed by atoms with Gasteiger partial charge in [-0.05, 0) is 31.2 Å². The zero-order chi connectivity index (χ0) is 24.3. The monoisotopic (exact) mass is 474 g/mol. The van der Waals surface area contributed by atoms with Crippen LogP contribution in [0, 0.1) is 19.8 Å². The number of rotatable bonds is 6. The molecule has 32 heavy (non-hydrogen) atoms. The van der Waals surface area contributed by atoms with E-state index < -0.39 is 0 Å². The number of benzene rings is 1. The maximum Gasteiger partial charge on any atom is 0.257 e. The zero-order valence-electron chi connectivity index (χ0n) is 19.0. The summed E-state index contributed by atoms with van der Waals surface area (Å²) in [5.74, 6) is 6.56. The molecule has 2 aromatic heterocycles. The van der Waals surface area contributed by atoms with Gasteiger partial charge in [-0.3, -0.25) is 9.80 Å². The lowest BCUT2D eigenvalue weighted by Gasteiger charge is -2.20. The van der Waals surface area contributed by atoms with E-state index in [2.05, 4.69) is 59.8 Å². The SMILES string of the molecule is C#C.CCC.Cc1ccc(CNc2nsnc2N(N)c2cccc(C(=O)N(C)C)c2O)s1. The molecule has 0 unspecified atom stereocenters. The molecule has 0 aliphatic heterocycles. The molecule has 172 valence electrons. The van der Waals surface area contributed by atoms with Crippen molar-refractivity contribution in [3.05, 3.63) is 45.6 Å². The van der Waals surface area contributed by atoms with Crippen LogP contribution in [0.2, 0.25) is 0 Å². The fourth-order valence-corrected chi connectivity index (χ4v) is 3.81. The van der Waals surface area contributed by atoms with Crippen LogP contribution >= 0.6 is 23.1 Å². The quantitative estimate of drug-likeness (QED) is 0.272. The molecule has 0 radical (unpaired) electrons. The summed E-state index contributed by atoms with van der Waals surface area (Å²) in [6.07, 6.45) is 9.25. The molecule has 0 atom stereocenters. The highest BCUT2D eigenvalue weighted by atomic mass is 32.1. The van der Waals surface area contributed by atoms with Gasteiger partial charge in [-0.2, -0.15) is 8.75 Å². The lowest BCUT2D eigenvalue weighted by Crippen LogP contribution is -2.27. The Bertz CT molecular complexity index is 1010. The van der Waals surface area contributed by atoms with Gasteiger partial charge in [0.15, 0.2) is 11.6 Å². The minimum Gasteiger partial charge on any atom is -0.505 e. The number of amides is 1. The highest BCUT2D eigenvalue weighted by Gasteiger charge is 2.22. The summed E-state index contributed by atoms with van der Waals surface area (Å²) in [5.41, 5.74) is 0.435. The summed E-state index contributed by atoms with van der Waals surface area (Å²) >= 11 is 2.71. The molecule has 3 rings (SSSR count). The van der Waals surface area contributed by atoms with E-state index in [1.807, 2.05) is 0 Å². The first kappa shape index (κ1) is 26.9. The molecule has 0 aliphatic carbocycles. The van der Waals surface area contributed by atoms with Crippen molar-refractivity contribution in [3.8, 4) is 18.6 Å². The average molecular weight is 475 g/mol. The first-order valence-corrected chi connectivity index (χ1v) is 11.4. The maximum atomic E-state index is 12.2. The molecule has 2 heterocycles. The number of nitrogens with zero attached hydrogens (tertiary/aromatic N) is 4. The number of hydrogen-bond acceptors (Lipinski definition) is 9. The van der Waals surface area contributed by atoms with Crippen molar-refractivity contribution in [3.63, 3.8) is 0 Å². The van der Waals surface area contributed by atoms with Crippen molar-refractivity contribution >= 4 is 46.3 Å². The lowest BCUT2D eigenvalue weighted by atomic mass is 10.1. The van der Waals surface area contributed by atoms with Gasteiger partial charge in [-0.25, -0.2) is 5.84 Å². The van der Waals surface area contributed by atoms with Crippen LogP contribution in [0.5, 0.6) is 5.75 Å².